The van der Waals surface area contributed by atoms with Gasteiger partial charge in [-0.3, -0.25) is 0 Å². The van der Waals surface area contributed by atoms with Crippen LogP contribution in [-0.2, 0) is 5.92 Å². The van der Waals surface area contributed by atoms with Crippen LogP contribution in [0.5, 0.6) is 17.2 Å². The van der Waals surface area contributed by atoms with Crippen LogP contribution in [0.1, 0.15) is 5.56 Å². The molecule has 2 aromatic carbocycles. The Hall–Kier alpha value is -1.97. The maximum absolute atomic E-state index is 13.7. The van der Waals surface area contributed by atoms with E-state index in [0.29, 0.717) is 0 Å². The predicted octanol–water partition coefficient (Wildman–Crippen LogP) is 6.50. The van der Waals surface area contributed by atoms with E-state index in [9.17, 15) is 30.7 Å². The number of halogens is 8. The van der Waals surface area contributed by atoms with Crippen molar-refractivity contribution in [2.24, 2.45) is 0 Å². The van der Waals surface area contributed by atoms with E-state index in [2.05, 4.69) is 20.7 Å². The smallest absolute Gasteiger partial charge is 0.457 e. The third-order valence-corrected chi connectivity index (χ3v) is 3.35. The predicted molar refractivity (Wildman–Crippen MR) is 77.2 cm³/mol. The van der Waals surface area contributed by atoms with E-state index < -0.39 is 35.8 Å². The summed E-state index contributed by atoms with van der Waals surface area (Å²) in [5.41, 5.74) is -1.06. The van der Waals surface area contributed by atoms with Gasteiger partial charge in [0.2, 0.25) is 0 Å². The molecule has 25 heavy (non-hydrogen) atoms. The van der Waals surface area contributed by atoms with Crippen molar-refractivity contribution in [3.8, 4) is 17.2 Å². The average Bonchev–Trinajstić information content (AvgIpc) is 2.49. The molecule has 2 rings (SSSR count). The maximum atomic E-state index is 13.7. The number of ether oxygens (including phenoxy) is 2. The van der Waals surface area contributed by atoms with Crippen LogP contribution in [-0.4, -0.2) is 12.8 Å². The molecule has 0 atom stereocenters. The summed E-state index contributed by atoms with van der Waals surface area (Å²) in [6.07, 6.45) is -8.85. The Kier molecular flexibility index (Phi) is 5.50. The van der Waals surface area contributed by atoms with Crippen molar-refractivity contribution < 1.29 is 40.2 Å². The number of alkyl halides is 7. The molecular weight excluding hydrogens is 425 g/mol. The van der Waals surface area contributed by atoms with Crippen molar-refractivity contribution in [3.05, 3.63) is 52.5 Å². The van der Waals surface area contributed by atoms with Gasteiger partial charge >= 0.3 is 18.7 Å². The molecule has 0 amide bonds. The van der Waals surface area contributed by atoms with Gasteiger partial charge < -0.3 is 9.47 Å². The summed E-state index contributed by atoms with van der Waals surface area (Å²) in [6, 6.07) is 6.94. The van der Waals surface area contributed by atoms with Crippen molar-refractivity contribution in [1.82, 2.24) is 0 Å². The van der Waals surface area contributed by atoms with E-state index in [0.717, 1.165) is 36.4 Å². The van der Waals surface area contributed by atoms with E-state index in [1.54, 1.807) is 0 Å². The molecule has 0 saturated heterocycles. The first-order chi connectivity index (χ1) is 11.5. The Bertz CT molecular complexity index is 730. The summed E-state index contributed by atoms with van der Waals surface area (Å²) in [5.74, 6) is -5.71. The zero-order valence-electron chi connectivity index (χ0n) is 12.0. The Morgan fingerprint density at radius 2 is 1.40 bits per heavy atom. The van der Waals surface area contributed by atoms with Gasteiger partial charge in [-0.25, -0.2) is 8.78 Å². The second-order valence-electron chi connectivity index (χ2n) is 4.69. The molecule has 0 unspecified atom stereocenters. The molecule has 0 aliphatic carbocycles. The van der Waals surface area contributed by atoms with Gasteiger partial charge in [-0.15, -0.1) is 13.2 Å². The van der Waals surface area contributed by atoms with Crippen molar-refractivity contribution in [1.29, 1.82) is 0 Å². The summed E-state index contributed by atoms with van der Waals surface area (Å²) in [5, 5.41) is 0. The number of rotatable bonds is 5. The summed E-state index contributed by atoms with van der Waals surface area (Å²) < 4.78 is 97.7. The largest absolute Gasteiger partial charge is 0.573 e. The van der Waals surface area contributed by atoms with Crippen molar-refractivity contribution in [2.75, 3.05) is 0 Å². The van der Waals surface area contributed by atoms with E-state index in [1.165, 1.54) is 6.07 Å². The number of hydrogen-bond donors (Lipinski definition) is 0. The van der Waals surface area contributed by atoms with Crippen LogP contribution in [0.2, 0.25) is 0 Å². The summed E-state index contributed by atoms with van der Waals surface area (Å²) >= 11 is 2.90. The van der Waals surface area contributed by atoms with Gasteiger partial charge in [0.15, 0.2) is 0 Å². The standard InChI is InChI=1S/C15H8BrF7O2/c16-8-1-6-12(11(7-8)14(19,20)13(17)18)24-9-2-4-10(5-3-9)25-15(21,22)23/h1-7,13H. The van der Waals surface area contributed by atoms with E-state index in [1.807, 2.05) is 0 Å². The van der Waals surface area contributed by atoms with E-state index >= 15 is 0 Å². The highest BCUT2D eigenvalue weighted by Crippen LogP contribution is 2.42. The minimum atomic E-state index is -4.89. The zero-order chi connectivity index (χ0) is 18.8. The molecule has 0 N–H and O–H groups in total. The Labute approximate surface area is 145 Å². The van der Waals surface area contributed by atoms with E-state index in [4.69, 9.17) is 4.74 Å². The van der Waals surface area contributed by atoms with Crippen LogP contribution < -0.4 is 9.47 Å². The normalized spacial score (nSPS) is 12.4. The first kappa shape index (κ1) is 19.4. The van der Waals surface area contributed by atoms with Crippen LogP contribution in [0.15, 0.2) is 46.9 Å². The Balaban J connectivity index is 2.29. The molecule has 0 heterocycles. The molecule has 0 fully saturated rings. The van der Waals surface area contributed by atoms with Gasteiger partial charge in [0.1, 0.15) is 17.2 Å². The molecule has 136 valence electrons. The van der Waals surface area contributed by atoms with Crippen LogP contribution in [0.4, 0.5) is 30.7 Å². The highest BCUT2D eigenvalue weighted by molar-refractivity contribution is 9.10. The summed E-state index contributed by atoms with van der Waals surface area (Å²) in [6.45, 7) is 0. The maximum Gasteiger partial charge on any atom is 0.573 e. The second-order valence-corrected chi connectivity index (χ2v) is 5.60. The molecule has 0 aromatic heterocycles. The lowest BCUT2D eigenvalue weighted by Crippen LogP contribution is -2.24. The summed E-state index contributed by atoms with van der Waals surface area (Å²) in [4.78, 5) is 0. The first-order valence-electron chi connectivity index (χ1n) is 6.48. The van der Waals surface area contributed by atoms with Gasteiger partial charge in [-0.05, 0) is 42.5 Å². The van der Waals surface area contributed by atoms with E-state index in [-0.39, 0.29) is 10.2 Å². The third-order valence-electron chi connectivity index (χ3n) is 2.86. The highest BCUT2D eigenvalue weighted by atomic mass is 79.9. The SMILES string of the molecule is FC(F)C(F)(F)c1cc(Br)ccc1Oc1ccc(OC(F)(F)F)cc1. The highest BCUT2D eigenvalue weighted by Gasteiger charge is 2.45. The molecule has 0 aliphatic heterocycles. The number of hydrogen-bond acceptors (Lipinski definition) is 2. The molecule has 2 aromatic rings. The Morgan fingerprint density at radius 1 is 0.840 bits per heavy atom. The fraction of sp³-hybridized carbons (Fsp3) is 0.200. The lowest BCUT2D eigenvalue weighted by atomic mass is 10.1. The van der Waals surface area contributed by atoms with Gasteiger partial charge in [0.25, 0.3) is 0 Å². The van der Waals surface area contributed by atoms with Gasteiger partial charge in [-0.1, -0.05) is 15.9 Å². The molecule has 10 heteroatoms. The fourth-order valence-corrected chi connectivity index (χ4v) is 2.17. The zero-order valence-corrected chi connectivity index (χ0v) is 13.5. The van der Waals surface area contributed by atoms with Crippen LogP contribution in [0, 0.1) is 0 Å². The molecule has 0 saturated carbocycles. The van der Waals surface area contributed by atoms with Crippen LogP contribution in [0.3, 0.4) is 0 Å². The monoisotopic (exact) mass is 432 g/mol. The molecular formula is C15H8BrF7O2. The topological polar surface area (TPSA) is 18.5 Å². The van der Waals surface area contributed by atoms with Gasteiger partial charge in [-0.2, -0.15) is 8.78 Å². The quantitative estimate of drug-likeness (QED) is 0.502. The molecule has 0 radical (unpaired) electrons. The molecule has 2 nitrogen and oxygen atoms in total. The lowest BCUT2D eigenvalue weighted by Gasteiger charge is -2.19. The minimum absolute atomic E-state index is 0.129. The minimum Gasteiger partial charge on any atom is -0.457 e. The molecule has 0 bridgehead atoms. The third kappa shape index (κ3) is 5.00. The van der Waals surface area contributed by atoms with Crippen LogP contribution in [0.25, 0.3) is 0 Å². The van der Waals surface area contributed by atoms with Crippen molar-refractivity contribution >= 4 is 15.9 Å². The van der Waals surface area contributed by atoms with Crippen LogP contribution >= 0.6 is 15.9 Å². The second kappa shape index (κ2) is 7.11. The number of benzene rings is 2. The van der Waals surface area contributed by atoms with Crippen molar-refractivity contribution in [2.45, 2.75) is 18.7 Å². The lowest BCUT2D eigenvalue weighted by molar-refractivity contribution is -0.274. The molecule has 0 aliphatic rings. The fourth-order valence-electron chi connectivity index (χ4n) is 1.81. The average molecular weight is 433 g/mol. The summed E-state index contributed by atoms with van der Waals surface area (Å²) in [7, 11) is 0. The van der Waals surface area contributed by atoms with Gasteiger partial charge in [0.05, 0.1) is 5.56 Å². The van der Waals surface area contributed by atoms with Crippen molar-refractivity contribution in [3.63, 3.8) is 0 Å². The Morgan fingerprint density at radius 3 is 1.92 bits per heavy atom. The van der Waals surface area contributed by atoms with Gasteiger partial charge in [0, 0.05) is 4.47 Å². The first-order valence-corrected chi connectivity index (χ1v) is 7.28. The molecule has 0 spiro atoms.